The molecule has 2 heteroatoms. The van der Waals surface area contributed by atoms with Crippen molar-refractivity contribution in [2.45, 2.75) is 4.90 Å². The first-order valence-corrected chi connectivity index (χ1v) is 7.00. The number of rotatable bonds is 4. The Morgan fingerprint density at radius 3 is 2.33 bits per heavy atom. The Kier molecular flexibility index (Phi) is 4.48. The maximum Gasteiger partial charge on any atom is 0.119 e. The van der Waals surface area contributed by atoms with Crippen LogP contribution in [0.15, 0.2) is 53.4 Å². The molecule has 1 nitrogen and oxygen atoms in total. The average Bonchev–Trinajstić information content (AvgIpc) is 2.46. The molecule has 0 heterocycles. The lowest BCUT2D eigenvalue weighted by Crippen LogP contribution is -1.82. The van der Waals surface area contributed by atoms with E-state index < -0.39 is 0 Å². The minimum absolute atomic E-state index is 0.884. The topological polar surface area (TPSA) is 9.23 Å². The van der Waals surface area contributed by atoms with Crippen molar-refractivity contribution in [2.24, 2.45) is 0 Å². The molecular formula is C16H16OS. The fourth-order valence-electron chi connectivity index (χ4n) is 1.65. The van der Waals surface area contributed by atoms with Crippen LogP contribution in [0.3, 0.4) is 0 Å². The molecule has 0 amide bonds. The normalized spacial score (nSPS) is 10.8. The van der Waals surface area contributed by atoms with Crippen LogP contribution >= 0.6 is 11.8 Å². The first-order chi connectivity index (χ1) is 8.81. The molecule has 0 unspecified atom stereocenters. The van der Waals surface area contributed by atoms with Crippen LogP contribution in [0.2, 0.25) is 0 Å². The molecule has 0 aliphatic carbocycles. The van der Waals surface area contributed by atoms with Gasteiger partial charge < -0.3 is 4.74 Å². The van der Waals surface area contributed by atoms with E-state index in [2.05, 4.69) is 48.7 Å². The Morgan fingerprint density at radius 2 is 1.67 bits per heavy atom. The maximum atomic E-state index is 5.20. The van der Waals surface area contributed by atoms with Crippen LogP contribution in [0.1, 0.15) is 11.1 Å². The van der Waals surface area contributed by atoms with Crippen LogP contribution in [-0.4, -0.2) is 13.4 Å². The second-order valence-electron chi connectivity index (χ2n) is 3.88. The average molecular weight is 256 g/mol. The molecule has 0 aromatic heterocycles. The molecule has 0 saturated heterocycles. The van der Waals surface area contributed by atoms with E-state index in [0.717, 1.165) is 11.3 Å². The monoisotopic (exact) mass is 256 g/mol. The summed E-state index contributed by atoms with van der Waals surface area (Å²) < 4.78 is 5.20. The van der Waals surface area contributed by atoms with Gasteiger partial charge in [0.25, 0.3) is 0 Å². The van der Waals surface area contributed by atoms with Gasteiger partial charge in [-0.3, -0.25) is 0 Å². The lowest BCUT2D eigenvalue weighted by molar-refractivity contribution is 0.414. The van der Waals surface area contributed by atoms with Crippen LogP contribution in [0.4, 0.5) is 0 Å². The molecule has 0 aliphatic rings. The third-order valence-electron chi connectivity index (χ3n) is 2.68. The van der Waals surface area contributed by atoms with Gasteiger partial charge in [0.2, 0.25) is 0 Å². The second kappa shape index (κ2) is 6.31. The Bertz CT molecular complexity index is 529. The van der Waals surface area contributed by atoms with Crippen LogP contribution in [0.5, 0.6) is 5.75 Å². The predicted octanol–water partition coefficient (Wildman–Crippen LogP) is 4.59. The maximum absolute atomic E-state index is 5.20. The van der Waals surface area contributed by atoms with E-state index in [0.29, 0.717) is 0 Å². The summed E-state index contributed by atoms with van der Waals surface area (Å²) in [7, 11) is 1.68. The zero-order valence-electron chi connectivity index (χ0n) is 10.6. The highest BCUT2D eigenvalue weighted by Gasteiger charge is 1.93. The molecule has 0 atom stereocenters. The van der Waals surface area contributed by atoms with E-state index in [9.17, 15) is 0 Å². The van der Waals surface area contributed by atoms with Crippen molar-refractivity contribution in [3.63, 3.8) is 0 Å². The number of thioether (sulfide) groups is 1. The summed E-state index contributed by atoms with van der Waals surface area (Å²) in [4.78, 5) is 1.29. The standard InChI is InChI=1S/C16H16OS/c1-17-15-5-3-4-14(12-15)7-6-13-8-10-16(18-2)11-9-13/h3-12H,1-2H3/b7-6+. The Balaban J connectivity index is 2.13. The molecule has 0 radical (unpaired) electrons. The van der Waals surface area contributed by atoms with Crippen LogP contribution < -0.4 is 4.74 Å². The molecule has 92 valence electrons. The quantitative estimate of drug-likeness (QED) is 0.584. The van der Waals surface area contributed by atoms with Gasteiger partial charge in [-0.05, 0) is 41.6 Å². The molecule has 2 aromatic rings. The van der Waals surface area contributed by atoms with Crippen molar-refractivity contribution < 1.29 is 4.74 Å². The van der Waals surface area contributed by atoms with Crippen molar-refractivity contribution in [3.05, 3.63) is 59.7 Å². The fraction of sp³-hybridized carbons (Fsp3) is 0.125. The number of benzene rings is 2. The van der Waals surface area contributed by atoms with Crippen molar-refractivity contribution in [1.29, 1.82) is 0 Å². The number of methoxy groups -OCH3 is 1. The van der Waals surface area contributed by atoms with Gasteiger partial charge in [-0.25, -0.2) is 0 Å². The Hall–Kier alpha value is -1.67. The molecule has 0 aliphatic heterocycles. The van der Waals surface area contributed by atoms with Gasteiger partial charge in [0.05, 0.1) is 7.11 Å². The van der Waals surface area contributed by atoms with Crippen LogP contribution in [-0.2, 0) is 0 Å². The third-order valence-corrected chi connectivity index (χ3v) is 3.42. The Morgan fingerprint density at radius 1 is 0.944 bits per heavy atom. The minimum Gasteiger partial charge on any atom is -0.497 e. The zero-order valence-corrected chi connectivity index (χ0v) is 11.4. The van der Waals surface area contributed by atoms with Crippen molar-refractivity contribution >= 4 is 23.9 Å². The summed E-state index contributed by atoms with van der Waals surface area (Å²) >= 11 is 1.76. The van der Waals surface area contributed by atoms with E-state index in [1.807, 2.05) is 18.2 Å². The highest BCUT2D eigenvalue weighted by Crippen LogP contribution is 2.18. The highest BCUT2D eigenvalue weighted by atomic mass is 32.2. The number of hydrogen-bond acceptors (Lipinski definition) is 2. The molecule has 18 heavy (non-hydrogen) atoms. The smallest absolute Gasteiger partial charge is 0.119 e. The molecule has 0 N–H and O–H groups in total. The van der Waals surface area contributed by atoms with Gasteiger partial charge in [-0.15, -0.1) is 11.8 Å². The molecular weight excluding hydrogens is 240 g/mol. The van der Waals surface area contributed by atoms with Gasteiger partial charge in [0.1, 0.15) is 5.75 Å². The van der Waals surface area contributed by atoms with Crippen LogP contribution in [0.25, 0.3) is 12.2 Å². The molecule has 0 bridgehead atoms. The van der Waals surface area contributed by atoms with Crippen molar-refractivity contribution in [2.75, 3.05) is 13.4 Å². The lowest BCUT2D eigenvalue weighted by Gasteiger charge is -2.00. The summed E-state index contributed by atoms with van der Waals surface area (Å²) in [5, 5.41) is 0. The fourth-order valence-corrected chi connectivity index (χ4v) is 2.06. The summed E-state index contributed by atoms with van der Waals surface area (Å²) in [6.07, 6.45) is 6.29. The van der Waals surface area contributed by atoms with Crippen molar-refractivity contribution in [3.8, 4) is 5.75 Å². The van der Waals surface area contributed by atoms with E-state index >= 15 is 0 Å². The van der Waals surface area contributed by atoms with Gasteiger partial charge in [-0.2, -0.15) is 0 Å². The summed E-state index contributed by atoms with van der Waals surface area (Å²) in [6, 6.07) is 16.6. The summed E-state index contributed by atoms with van der Waals surface area (Å²) in [5.74, 6) is 0.884. The van der Waals surface area contributed by atoms with E-state index in [-0.39, 0.29) is 0 Å². The van der Waals surface area contributed by atoms with E-state index in [4.69, 9.17) is 4.74 Å². The van der Waals surface area contributed by atoms with E-state index in [1.54, 1.807) is 18.9 Å². The van der Waals surface area contributed by atoms with Gasteiger partial charge in [-0.1, -0.05) is 36.4 Å². The first-order valence-electron chi connectivity index (χ1n) is 5.78. The molecule has 2 aromatic carbocycles. The van der Waals surface area contributed by atoms with Gasteiger partial charge in [0, 0.05) is 4.90 Å². The highest BCUT2D eigenvalue weighted by molar-refractivity contribution is 7.98. The summed E-state index contributed by atoms with van der Waals surface area (Å²) in [6.45, 7) is 0. The summed E-state index contributed by atoms with van der Waals surface area (Å²) in [5.41, 5.74) is 2.35. The van der Waals surface area contributed by atoms with E-state index in [1.165, 1.54) is 10.5 Å². The second-order valence-corrected chi connectivity index (χ2v) is 4.76. The molecule has 0 spiro atoms. The third kappa shape index (κ3) is 3.41. The lowest BCUT2D eigenvalue weighted by atomic mass is 10.1. The van der Waals surface area contributed by atoms with Gasteiger partial charge in [0.15, 0.2) is 0 Å². The zero-order chi connectivity index (χ0) is 12.8. The first kappa shape index (κ1) is 12.8. The number of hydrogen-bond donors (Lipinski definition) is 0. The van der Waals surface area contributed by atoms with Crippen LogP contribution in [0, 0.1) is 0 Å². The Labute approximate surface area is 112 Å². The molecule has 2 rings (SSSR count). The predicted molar refractivity (Wildman–Crippen MR) is 80.1 cm³/mol. The van der Waals surface area contributed by atoms with Gasteiger partial charge >= 0.3 is 0 Å². The number of ether oxygens (including phenoxy) is 1. The molecule has 0 saturated carbocycles. The SMILES string of the molecule is COc1cccc(/C=C/c2ccc(SC)cc2)c1. The van der Waals surface area contributed by atoms with Crippen molar-refractivity contribution in [1.82, 2.24) is 0 Å². The minimum atomic E-state index is 0.884. The largest absolute Gasteiger partial charge is 0.497 e. The molecule has 0 fully saturated rings.